The van der Waals surface area contributed by atoms with E-state index in [1.165, 1.54) is 31.2 Å². The number of hydrogen-bond donors (Lipinski definition) is 1. The van der Waals surface area contributed by atoms with Crippen LogP contribution in [-0.2, 0) is 15.7 Å². The van der Waals surface area contributed by atoms with E-state index in [1.54, 1.807) is 12.1 Å². The fourth-order valence-electron chi connectivity index (χ4n) is 2.25. The van der Waals surface area contributed by atoms with Crippen molar-refractivity contribution in [1.82, 2.24) is 0 Å². The molecule has 0 aliphatic carbocycles. The number of benzene rings is 2. The molecule has 1 atom stereocenters. The molecule has 0 saturated heterocycles. The second kappa shape index (κ2) is 9.45. The number of ether oxygens (including phenoxy) is 2. The summed E-state index contributed by atoms with van der Waals surface area (Å²) in [4.78, 5) is 24.3. The SMILES string of the molecule is CC(C)COc1ccc(C(=O)O[C@H](C)C(=O)Nc2cccc(C(F)(F)F)c2)cc1. The molecule has 0 fully saturated rings. The number of anilines is 1. The first kappa shape index (κ1) is 22.3. The Hall–Kier alpha value is -3.03. The lowest BCUT2D eigenvalue weighted by Crippen LogP contribution is -2.30. The van der Waals surface area contributed by atoms with Crippen LogP contribution in [0.25, 0.3) is 0 Å². The standard InChI is InChI=1S/C21H22F3NO4/c1-13(2)12-28-18-9-7-15(8-10-18)20(27)29-14(3)19(26)25-17-6-4-5-16(11-17)21(22,23)24/h4-11,13-14H,12H2,1-3H3,(H,25,26)/t14-/m1/s1. The number of alkyl halides is 3. The summed E-state index contributed by atoms with van der Waals surface area (Å²) in [6.45, 7) is 5.90. The topological polar surface area (TPSA) is 64.6 Å². The molecule has 0 saturated carbocycles. The van der Waals surface area contributed by atoms with Crippen LogP contribution >= 0.6 is 0 Å². The molecule has 0 aromatic heterocycles. The van der Waals surface area contributed by atoms with Gasteiger partial charge in [-0.3, -0.25) is 4.79 Å². The smallest absolute Gasteiger partial charge is 0.416 e. The zero-order chi connectivity index (χ0) is 21.6. The maximum atomic E-state index is 12.7. The van der Waals surface area contributed by atoms with Crippen LogP contribution in [0.2, 0.25) is 0 Å². The van der Waals surface area contributed by atoms with E-state index in [0.717, 1.165) is 12.1 Å². The van der Waals surface area contributed by atoms with Gasteiger partial charge in [0.25, 0.3) is 5.91 Å². The number of esters is 1. The molecule has 29 heavy (non-hydrogen) atoms. The van der Waals surface area contributed by atoms with E-state index >= 15 is 0 Å². The van der Waals surface area contributed by atoms with Gasteiger partial charge in [0.2, 0.25) is 0 Å². The lowest BCUT2D eigenvalue weighted by Gasteiger charge is -2.15. The lowest BCUT2D eigenvalue weighted by molar-refractivity contribution is -0.137. The largest absolute Gasteiger partial charge is 0.493 e. The summed E-state index contributed by atoms with van der Waals surface area (Å²) in [5, 5.41) is 2.31. The highest BCUT2D eigenvalue weighted by Crippen LogP contribution is 2.30. The van der Waals surface area contributed by atoms with Crippen molar-refractivity contribution in [3.05, 3.63) is 59.7 Å². The lowest BCUT2D eigenvalue weighted by atomic mass is 10.2. The zero-order valence-corrected chi connectivity index (χ0v) is 16.2. The van der Waals surface area contributed by atoms with E-state index < -0.39 is 29.7 Å². The van der Waals surface area contributed by atoms with E-state index in [-0.39, 0.29) is 11.3 Å². The second-order valence-corrected chi connectivity index (χ2v) is 6.84. The normalized spacial score (nSPS) is 12.4. The number of hydrogen-bond acceptors (Lipinski definition) is 4. The highest BCUT2D eigenvalue weighted by atomic mass is 19.4. The molecule has 0 radical (unpaired) electrons. The van der Waals surface area contributed by atoms with Gasteiger partial charge in [0.05, 0.1) is 17.7 Å². The molecule has 0 unspecified atom stereocenters. The van der Waals surface area contributed by atoms with Gasteiger partial charge in [0.1, 0.15) is 5.75 Å². The molecule has 0 aliphatic heterocycles. The first-order valence-electron chi connectivity index (χ1n) is 8.98. The van der Waals surface area contributed by atoms with Gasteiger partial charge >= 0.3 is 12.1 Å². The molecule has 0 aliphatic rings. The van der Waals surface area contributed by atoms with Crippen molar-refractivity contribution in [1.29, 1.82) is 0 Å². The van der Waals surface area contributed by atoms with Gasteiger partial charge in [-0.05, 0) is 55.3 Å². The number of carbonyl (C=O) groups is 2. The molecule has 156 valence electrons. The number of halogens is 3. The van der Waals surface area contributed by atoms with Gasteiger partial charge in [-0.25, -0.2) is 4.79 Å². The minimum atomic E-state index is -4.52. The maximum absolute atomic E-state index is 12.7. The van der Waals surface area contributed by atoms with Crippen molar-refractivity contribution >= 4 is 17.6 Å². The molecule has 1 amide bonds. The van der Waals surface area contributed by atoms with Crippen LogP contribution in [0.4, 0.5) is 18.9 Å². The fraction of sp³-hybridized carbons (Fsp3) is 0.333. The van der Waals surface area contributed by atoms with E-state index in [9.17, 15) is 22.8 Å². The third-order valence-corrected chi connectivity index (χ3v) is 3.78. The molecule has 2 aromatic carbocycles. The van der Waals surface area contributed by atoms with Gasteiger partial charge in [-0.15, -0.1) is 0 Å². The van der Waals surface area contributed by atoms with Crippen molar-refractivity contribution in [3.63, 3.8) is 0 Å². The van der Waals surface area contributed by atoms with Crippen molar-refractivity contribution in [3.8, 4) is 5.75 Å². The summed E-state index contributed by atoms with van der Waals surface area (Å²) < 4.78 is 48.9. The van der Waals surface area contributed by atoms with E-state index in [2.05, 4.69) is 5.32 Å². The zero-order valence-electron chi connectivity index (χ0n) is 16.2. The third kappa shape index (κ3) is 6.81. The van der Waals surface area contributed by atoms with E-state index in [1.807, 2.05) is 13.8 Å². The molecule has 1 N–H and O–H groups in total. The van der Waals surface area contributed by atoms with Crippen molar-refractivity contribution in [2.45, 2.75) is 33.1 Å². The monoisotopic (exact) mass is 409 g/mol. The van der Waals surface area contributed by atoms with E-state index in [4.69, 9.17) is 9.47 Å². The van der Waals surface area contributed by atoms with Crippen LogP contribution in [0.1, 0.15) is 36.7 Å². The predicted molar refractivity (Wildman–Crippen MR) is 102 cm³/mol. The summed E-state index contributed by atoms with van der Waals surface area (Å²) in [6, 6.07) is 10.5. The Morgan fingerprint density at radius 2 is 1.69 bits per heavy atom. The third-order valence-electron chi connectivity index (χ3n) is 3.78. The fourth-order valence-corrected chi connectivity index (χ4v) is 2.25. The average Bonchev–Trinajstić information content (AvgIpc) is 2.66. The van der Waals surface area contributed by atoms with Crippen LogP contribution in [0, 0.1) is 5.92 Å². The molecule has 2 rings (SSSR count). The number of rotatable bonds is 7. The molecule has 0 spiro atoms. The highest BCUT2D eigenvalue weighted by Gasteiger charge is 2.30. The van der Waals surface area contributed by atoms with Gasteiger partial charge < -0.3 is 14.8 Å². The Labute approximate surface area is 166 Å². The molecule has 8 heteroatoms. The van der Waals surface area contributed by atoms with Crippen molar-refractivity contribution in [2.24, 2.45) is 5.92 Å². The Balaban J connectivity index is 1.94. The summed E-state index contributed by atoms with van der Waals surface area (Å²) in [5.74, 6) is -0.511. The average molecular weight is 409 g/mol. The quantitative estimate of drug-likeness (QED) is 0.659. The van der Waals surface area contributed by atoms with Crippen LogP contribution in [0.15, 0.2) is 48.5 Å². The number of amides is 1. The van der Waals surface area contributed by atoms with Crippen LogP contribution in [0.5, 0.6) is 5.75 Å². The number of nitrogens with one attached hydrogen (secondary N) is 1. The molecule has 5 nitrogen and oxygen atoms in total. The molecule has 0 bridgehead atoms. The van der Waals surface area contributed by atoms with Gasteiger partial charge in [-0.1, -0.05) is 19.9 Å². The van der Waals surface area contributed by atoms with E-state index in [0.29, 0.717) is 18.3 Å². The van der Waals surface area contributed by atoms with Crippen LogP contribution < -0.4 is 10.1 Å². The Bertz CT molecular complexity index is 848. The maximum Gasteiger partial charge on any atom is 0.416 e. The highest BCUT2D eigenvalue weighted by molar-refractivity contribution is 5.97. The van der Waals surface area contributed by atoms with Crippen LogP contribution in [-0.4, -0.2) is 24.6 Å². The number of carbonyl (C=O) groups excluding carboxylic acids is 2. The Kier molecular flexibility index (Phi) is 7.25. The van der Waals surface area contributed by atoms with Crippen molar-refractivity contribution in [2.75, 3.05) is 11.9 Å². The summed E-state index contributed by atoms with van der Waals surface area (Å²) in [7, 11) is 0. The Morgan fingerprint density at radius 1 is 1.03 bits per heavy atom. The minimum absolute atomic E-state index is 0.0422. The molecular formula is C21H22F3NO4. The first-order chi connectivity index (χ1) is 13.6. The van der Waals surface area contributed by atoms with Gasteiger partial charge in [-0.2, -0.15) is 13.2 Å². The first-order valence-corrected chi connectivity index (χ1v) is 8.98. The molecular weight excluding hydrogens is 387 g/mol. The summed E-state index contributed by atoms with van der Waals surface area (Å²) in [5.41, 5.74) is -0.709. The van der Waals surface area contributed by atoms with Gasteiger partial charge in [0, 0.05) is 5.69 Å². The van der Waals surface area contributed by atoms with Gasteiger partial charge in [0.15, 0.2) is 6.10 Å². The predicted octanol–water partition coefficient (Wildman–Crippen LogP) is 4.92. The summed E-state index contributed by atoms with van der Waals surface area (Å²) >= 11 is 0. The van der Waals surface area contributed by atoms with Crippen LogP contribution in [0.3, 0.4) is 0 Å². The molecule has 0 heterocycles. The molecule has 2 aromatic rings. The Morgan fingerprint density at radius 3 is 2.28 bits per heavy atom. The summed E-state index contributed by atoms with van der Waals surface area (Å²) in [6.07, 6.45) is -5.72. The minimum Gasteiger partial charge on any atom is -0.493 e. The second-order valence-electron chi connectivity index (χ2n) is 6.84. The van der Waals surface area contributed by atoms with Crippen molar-refractivity contribution < 1.29 is 32.2 Å².